The fraction of sp³-hybridized carbons (Fsp3) is 0.625. The SMILES string of the molecule is CCCN1CCC(NCc2cc3c(cc2O)OCO3)CC1. The van der Waals surface area contributed by atoms with E-state index in [0.29, 0.717) is 18.3 Å². The summed E-state index contributed by atoms with van der Waals surface area (Å²) in [6, 6.07) is 4.04. The second-order valence-corrected chi connectivity index (χ2v) is 5.83. The van der Waals surface area contributed by atoms with Crippen molar-refractivity contribution in [2.24, 2.45) is 0 Å². The van der Waals surface area contributed by atoms with Gasteiger partial charge in [0.15, 0.2) is 11.5 Å². The van der Waals surface area contributed by atoms with Crippen molar-refractivity contribution in [1.82, 2.24) is 10.2 Å². The van der Waals surface area contributed by atoms with E-state index in [0.717, 1.165) is 11.3 Å². The Labute approximate surface area is 125 Å². The Morgan fingerprint density at radius 3 is 2.67 bits per heavy atom. The largest absolute Gasteiger partial charge is 0.507 e. The van der Waals surface area contributed by atoms with E-state index >= 15 is 0 Å². The number of fused-ring (bicyclic) bond motifs is 1. The van der Waals surface area contributed by atoms with Crippen molar-refractivity contribution in [1.29, 1.82) is 0 Å². The van der Waals surface area contributed by atoms with Crippen LogP contribution in [0.4, 0.5) is 0 Å². The average molecular weight is 292 g/mol. The number of phenols is 1. The molecule has 0 bridgehead atoms. The molecule has 5 heteroatoms. The molecule has 2 N–H and O–H groups in total. The van der Waals surface area contributed by atoms with E-state index in [1.54, 1.807) is 6.07 Å². The summed E-state index contributed by atoms with van der Waals surface area (Å²) in [5.41, 5.74) is 0.871. The number of ether oxygens (including phenoxy) is 2. The normalized spacial score (nSPS) is 19.1. The number of aromatic hydroxyl groups is 1. The van der Waals surface area contributed by atoms with Gasteiger partial charge in [-0.15, -0.1) is 0 Å². The van der Waals surface area contributed by atoms with Crippen molar-refractivity contribution in [2.45, 2.75) is 38.8 Å². The van der Waals surface area contributed by atoms with Gasteiger partial charge >= 0.3 is 0 Å². The zero-order valence-corrected chi connectivity index (χ0v) is 12.6. The molecule has 2 aliphatic heterocycles. The Morgan fingerprint density at radius 2 is 1.95 bits per heavy atom. The standard InChI is InChI=1S/C16H24N2O3/c1-2-5-18-6-3-13(4-7-18)17-10-12-8-15-16(9-14(12)19)21-11-20-15/h8-9,13,17,19H,2-7,10-11H2,1H3. The van der Waals surface area contributed by atoms with Gasteiger partial charge in [0.1, 0.15) is 5.75 Å². The molecule has 1 saturated heterocycles. The Hall–Kier alpha value is -1.46. The molecule has 0 radical (unpaired) electrons. The second-order valence-electron chi connectivity index (χ2n) is 5.83. The summed E-state index contributed by atoms with van der Waals surface area (Å²) in [7, 11) is 0. The van der Waals surface area contributed by atoms with Crippen LogP contribution in [0.3, 0.4) is 0 Å². The quantitative estimate of drug-likeness (QED) is 0.870. The second kappa shape index (κ2) is 6.54. The van der Waals surface area contributed by atoms with E-state index < -0.39 is 0 Å². The molecular formula is C16H24N2O3. The van der Waals surface area contributed by atoms with Gasteiger partial charge in [-0.1, -0.05) is 6.92 Å². The fourth-order valence-corrected chi connectivity index (χ4v) is 3.05. The lowest BCUT2D eigenvalue weighted by molar-refractivity contribution is 0.174. The highest BCUT2D eigenvalue weighted by atomic mass is 16.7. The predicted octanol–water partition coefficient (Wildman–Crippen LogP) is 2.08. The number of benzene rings is 1. The molecule has 2 aliphatic rings. The number of phenolic OH excluding ortho intramolecular Hbond substituents is 1. The highest BCUT2D eigenvalue weighted by molar-refractivity contribution is 5.51. The number of hydrogen-bond donors (Lipinski definition) is 2. The maximum atomic E-state index is 10.0. The van der Waals surface area contributed by atoms with Gasteiger partial charge in [-0.3, -0.25) is 0 Å². The Kier molecular flexibility index (Phi) is 4.51. The van der Waals surface area contributed by atoms with Crippen LogP contribution in [0.5, 0.6) is 17.2 Å². The van der Waals surface area contributed by atoms with Gasteiger partial charge in [0.25, 0.3) is 0 Å². The Morgan fingerprint density at radius 1 is 1.24 bits per heavy atom. The van der Waals surface area contributed by atoms with Crippen LogP contribution in [-0.4, -0.2) is 42.5 Å². The molecule has 0 spiro atoms. The Bertz CT molecular complexity index is 485. The summed E-state index contributed by atoms with van der Waals surface area (Å²) in [5, 5.41) is 13.6. The van der Waals surface area contributed by atoms with E-state index in [2.05, 4.69) is 17.1 Å². The molecule has 0 amide bonds. The van der Waals surface area contributed by atoms with E-state index in [1.165, 1.54) is 38.9 Å². The first-order valence-electron chi connectivity index (χ1n) is 7.83. The van der Waals surface area contributed by atoms with E-state index in [9.17, 15) is 5.11 Å². The lowest BCUT2D eigenvalue weighted by Crippen LogP contribution is -2.42. The molecule has 116 valence electrons. The lowest BCUT2D eigenvalue weighted by Gasteiger charge is -2.32. The zero-order valence-electron chi connectivity index (χ0n) is 12.6. The number of nitrogens with zero attached hydrogens (tertiary/aromatic N) is 1. The minimum absolute atomic E-state index is 0.238. The smallest absolute Gasteiger partial charge is 0.231 e. The molecule has 0 aliphatic carbocycles. The van der Waals surface area contributed by atoms with Crippen molar-refractivity contribution in [2.75, 3.05) is 26.4 Å². The molecule has 3 rings (SSSR count). The van der Waals surface area contributed by atoms with Crippen LogP contribution in [0.15, 0.2) is 12.1 Å². The maximum Gasteiger partial charge on any atom is 0.231 e. The molecule has 5 nitrogen and oxygen atoms in total. The first-order valence-corrected chi connectivity index (χ1v) is 7.83. The molecular weight excluding hydrogens is 268 g/mol. The topological polar surface area (TPSA) is 54.0 Å². The number of nitrogens with one attached hydrogen (secondary N) is 1. The lowest BCUT2D eigenvalue weighted by atomic mass is 10.0. The third kappa shape index (κ3) is 3.41. The van der Waals surface area contributed by atoms with Gasteiger partial charge in [0, 0.05) is 24.2 Å². The van der Waals surface area contributed by atoms with Gasteiger partial charge in [-0.25, -0.2) is 0 Å². The van der Waals surface area contributed by atoms with Crippen LogP contribution in [0.1, 0.15) is 31.7 Å². The van der Waals surface area contributed by atoms with Crippen LogP contribution >= 0.6 is 0 Å². The van der Waals surface area contributed by atoms with Crippen molar-refractivity contribution < 1.29 is 14.6 Å². The van der Waals surface area contributed by atoms with Crippen LogP contribution in [0.2, 0.25) is 0 Å². The van der Waals surface area contributed by atoms with Crippen molar-refractivity contribution in [3.63, 3.8) is 0 Å². The third-order valence-electron chi connectivity index (χ3n) is 4.28. The summed E-state index contributed by atoms with van der Waals surface area (Å²) in [6.45, 7) is 6.67. The van der Waals surface area contributed by atoms with Gasteiger partial charge in [-0.05, 0) is 45.0 Å². The molecule has 0 atom stereocenters. The Balaban J connectivity index is 1.52. The average Bonchev–Trinajstić information content (AvgIpc) is 2.93. The number of rotatable bonds is 5. The molecule has 0 unspecified atom stereocenters. The first-order chi connectivity index (χ1) is 10.3. The van der Waals surface area contributed by atoms with Crippen molar-refractivity contribution >= 4 is 0 Å². The molecule has 1 fully saturated rings. The molecule has 1 aromatic carbocycles. The predicted molar refractivity (Wildman–Crippen MR) is 80.8 cm³/mol. The van der Waals surface area contributed by atoms with E-state index in [-0.39, 0.29) is 12.5 Å². The van der Waals surface area contributed by atoms with Crippen LogP contribution < -0.4 is 14.8 Å². The van der Waals surface area contributed by atoms with E-state index in [1.807, 2.05) is 6.07 Å². The highest BCUT2D eigenvalue weighted by Gasteiger charge is 2.20. The summed E-state index contributed by atoms with van der Waals surface area (Å²) < 4.78 is 10.6. The fourth-order valence-electron chi connectivity index (χ4n) is 3.05. The van der Waals surface area contributed by atoms with Crippen LogP contribution in [0, 0.1) is 0 Å². The molecule has 0 saturated carbocycles. The summed E-state index contributed by atoms with van der Waals surface area (Å²) in [6.07, 6.45) is 3.57. The molecule has 2 heterocycles. The number of piperidine rings is 1. The minimum atomic E-state index is 0.238. The summed E-state index contributed by atoms with van der Waals surface area (Å²) >= 11 is 0. The maximum absolute atomic E-state index is 10.0. The molecule has 21 heavy (non-hydrogen) atoms. The zero-order chi connectivity index (χ0) is 14.7. The minimum Gasteiger partial charge on any atom is -0.507 e. The third-order valence-corrected chi connectivity index (χ3v) is 4.28. The molecule has 1 aromatic rings. The number of hydrogen-bond acceptors (Lipinski definition) is 5. The number of likely N-dealkylation sites (tertiary alicyclic amines) is 1. The van der Waals surface area contributed by atoms with Crippen LogP contribution in [0.25, 0.3) is 0 Å². The molecule has 0 aromatic heterocycles. The van der Waals surface area contributed by atoms with Gasteiger partial charge in [0.2, 0.25) is 6.79 Å². The monoisotopic (exact) mass is 292 g/mol. The van der Waals surface area contributed by atoms with Gasteiger partial charge in [-0.2, -0.15) is 0 Å². The van der Waals surface area contributed by atoms with Crippen LogP contribution in [-0.2, 0) is 6.54 Å². The first kappa shape index (κ1) is 14.5. The van der Waals surface area contributed by atoms with Crippen molar-refractivity contribution in [3.05, 3.63) is 17.7 Å². The summed E-state index contributed by atoms with van der Waals surface area (Å²) in [4.78, 5) is 2.52. The van der Waals surface area contributed by atoms with Crippen molar-refractivity contribution in [3.8, 4) is 17.2 Å². The highest BCUT2D eigenvalue weighted by Crippen LogP contribution is 2.37. The summed E-state index contributed by atoms with van der Waals surface area (Å²) in [5.74, 6) is 1.63. The van der Waals surface area contributed by atoms with Gasteiger partial charge < -0.3 is 24.8 Å². The van der Waals surface area contributed by atoms with Gasteiger partial charge in [0.05, 0.1) is 0 Å². The van der Waals surface area contributed by atoms with E-state index in [4.69, 9.17) is 9.47 Å².